The summed E-state index contributed by atoms with van der Waals surface area (Å²) in [5.74, 6) is 1.45. The molecule has 1 aromatic rings. The molecule has 7 heteroatoms. The van der Waals surface area contributed by atoms with Crippen LogP contribution in [0, 0.1) is 5.92 Å². The molecule has 2 aliphatic rings. The van der Waals surface area contributed by atoms with Crippen molar-refractivity contribution in [3.8, 4) is 11.5 Å². The largest absolute Gasteiger partial charge is 0.454 e. The van der Waals surface area contributed by atoms with Crippen LogP contribution in [0.2, 0.25) is 0 Å². The number of hydrogen-bond donors (Lipinski definition) is 1. The molecule has 1 aromatic carbocycles. The summed E-state index contributed by atoms with van der Waals surface area (Å²) in [7, 11) is 0. The first kappa shape index (κ1) is 14.5. The van der Waals surface area contributed by atoms with Gasteiger partial charge in [-0.15, -0.1) is 0 Å². The summed E-state index contributed by atoms with van der Waals surface area (Å²) in [6.07, 6.45) is -0.0441. The first-order valence-electron chi connectivity index (χ1n) is 7.28. The molecule has 118 valence electrons. The molecule has 2 aliphatic heterocycles. The quantitative estimate of drug-likeness (QED) is 0.912. The summed E-state index contributed by atoms with van der Waals surface area (Å²) >= 11 is 0. The number of alkyl carbamates (subject to hydrolysis) is 1. The van der Waals surface area contributed by atoms with Crippen molar-refractivity contribution in [1.29, 1.82) is 0 Å². The SMILES string of the molecule is CCOC(=O)NC[C@@H]1CC(=O)N(c2ccc3c(c2)OCO3)C1. The zero-order chi connectivity index (χ0) is 15.5. The van der Waals surface area contributed by atoms with Gasteiger partial charge in [-0.2, -0.15) is 0 Å². The van der Waals surface area contributed by atoms with Crippen LogP contribution in [0.4, 0.5) is 10.5 Å². The van der Waals surface area contributed by atoms with Gasteiger partial charge in [0.1, 0.15) is 0 Å². The third-order valence-electron chi connectivity index (χ3n) is 3.68. The summed E-state index contributed by atoms with van der Waals surface area (Å²) in [5.41, 5.74) is 0.785. The van der Waals surface area contributed by atoms with Crippen molar-refractivity contribution < 1.29 is 23.8 Å². The molecule has 0 saturated carbocycles. The van der Waals surface area contributed by atoms with Crippen LogP contribution in [0.1, 0.15) is 13.3 Å². The number of fused-ring (bicyclic) bond motifs is 1. The lowest BCUT2D eigenvalue weighted by atomic mass is 10.1. The molecular formula is C15H18N2O5. The molecular weight excluding hydrogens is 288 g/mol. The van der Waals surface area contributed by atoms with Gasteiger partial charge in [0, 0.05) is 37.2 Å². The molecule has 0 radical (unpaired) electrons. The predicted molar refractivity (Wildman–Crippen MR) is 78.0 cm³/mol. The predicted octanol–water partition coefficient (Wildman–Crippen LogP) is 1.51. The molecule has 0 spiro atoms. The Morgan fingerprint density at radius 3 is 3.05 bits per heavy atom. The Bertz CT molecular complexity index is 589. The van der Waals surface area contributed by atoms with Crippen LogP contribution in [-0.4, -0.2) is 38.5 Å². The number of nitrogens with zero attached hydrogens (tertiary/aromatic N) is 1. The van der Waals surface area contributed by atoms with E-state index in [4.69, 9.17) is 14.2 Å². The summed E-state index contributed by atoms with van der Waals surface area (Å²) in [6, 6.07) is 5.45. The van der Waals surface area contributed by atoms with E-state index in [1.165, 1.54) is 0 Å². The van der Waals surface area contributed by atoms with Crippen LogP contribution in [-0.2, 0) is 9.53 Å². The first-order chi connectivity index (χ1) is 10.7. The van der Waals surface area contributed by atoms with E-state index in [0.29, 0.717) is 37.6 Å². The third kappa shape index (κ3) is 2.93. The fraction of sp³-hybridized carbons (Fsp3) is 0.467. The standard InChI is InChI=1S/C15H18N2O5/c1-2-20-15(19)16-7-10-5-14(18)17(8-10)11-3-4-12-13(6-11)22-9-21-12/h3-4,6,10H,2,5,7-9H2,1H3,(H,16,19)/t10-/m0/s1. The van der Waals surface area contributed by atoms with Gasteiger partial charge in [-0.1, -0.05) is 0 Å². The molecule has 0 unspecified atom stereocenters. The molecule has 0 aromatic heterocycles. The van der Waals surface area contributed by atoms with Crippen molar-refractivity contribution in [3.05, 3.63) is 18.2 Å². The average molecular weight is 306 g/mol. The molecule has 2 heterocycles. The van der Waals surface area contributed by atoms with Crippen LogP contribution in [0.25, 0.3) is 0 Å². The number of nitrogens with one attached hydrogen (secondary N) is 1. The highest BCUT2D eigenvalue weighted by molar-refractivity contribution is 5.96. The Kier molecular flexibility index (Phi) is 4.04. The van der Waals surface area contributed by atoms with Crippen LogP contribution in [0.15, 0.2) is 18.2 Å². The van der Waals surface area contributed by atoms with Crippen LogP contribution in [0.3, 0.4) is 0 Å². The summed E-state index contributed by atoms with van der Waals surface area (Å²) < 4.78 is 15.4. The lowest BCUT2D eigenvalue weighted by Gasteiger charge is -2.17. The minimum Gasteiger partial charge on any atom is -0.454 e. The summed E-state index contributed by atoms with van der Waals surface area (Å²) in [6.45, 7) is 3.27. The molecule has 1 atom stereocenters. The van der Waals surface area contributed by atoms with E-state index in [2.05, 4.69) is 5.32 Å². The molecule has 2 amide bonds. The Balaban J connectivity index is 1.61. The maximum absolute atomic E-state index is 12.2. The van der Waals surface area contributed by atoms with E-state index in [1.807, 2.05) is 6.07 Å². The number of benzene rings is 1. The Morgan fingerprint density at radius 1 is 1.41 bits per heavy atom. The number of amides is 2. The smallest absolute Gasteiger partial charge is 0.407 e. The topological polar surface area (TPSA) is 77.1 Å². The van der Waals surface area contributed by atoms with E-state index >= 15 is 0 Å². The normalized spacial score (nSPS) is 19.4. The maximum atomic E-state index is 12.2. The minimum atomic E-state index is -0.448. The molecule has 1 saturated heterocycles. The molecule has 0 aliphatic carbocycles. The minimum absolute atomic E-state index is 0.0366. The molecule has 1 N–H and O–H groups in total. The monoisotopic (exact) mass is 306 g/mol. The van der Waals surface area contributed by atoms with Crippen molar-refractivity contribution in [1.82, 2.24) is 5.32 Å². The fourth-order valence-corrected chi connectivity index (χ4v) is 2.63. The van der Waals surface area contributed by atoms with E-state index in [0.717, 1.165) is 5.69 Å². The molecule has 22 heavy (non-hydrogen) atoms. The first-order valence-corrected chi connectivity index (χ1v) is 7.28. The zero-order valence-electron chi connectivity index (χ0n) is 12.3. The fourth-order valence-electron chi connectivity index (χ4n) is 2.63. The van der Waals surface area contributed by atoms with Gasteiger partial charge >= 0.3 is 6.09 Å². The highest BCUT2D eigenvalue weighted by Crippen LogP contribution is 2.37. The Labute approximate surface area is 128 Å². The van der Waals surface area contributed by atoms with Gasteiger partial charge in [-0.25, -0.2) is 4.79 Å². The second kappa shape index (κ2) is 6.13. The number of rotatable bonds is 4. The number of carbonyl (C=O) groups is 2. The summed E-state index contributed by atoms with van der Waals surface area (Å²) in [5, 5.41) is 2.68. The Morgan fingerprint density at radius 2 is 2.23 bits per heavy atom. The molecule has 0 bridgehead atoms. The summed E-state index contributed by atoms with van der Waals surface area (Å²) in [4.78, 5) is 25.2. The molecule has 7 nitrogen and oxygen atoms in total. The van der Waals surface area contributed by atoms with Crippen molar-refractivity contribution in [2.75, 3.05) is 31.4 Å². The highest BCUT2D eigenvalue weighted by Gasteiger charge is 2.31. The Hall–Kier alpha value is -2.44. The van der Waals surface area contributed by atoms with Crippen molar-refractivity contribution in [3.63, 3.8) is 0 Å². The van der Waals surface area contributed by atoms with Crippen molar-refractivity contribution >= 4 is 17.7 Å². The van der Waals surface area contributed by atoms with Crippen molar-refractivity contribution in [2.45, 2.75) is 13.3 Å². The second-order valence-electron chi connectivity index (χ2n) is 5.21. The lowest BCUT2D eigenvalue weighted by molar-refractivity contribution is -0.117. The molecule has 1 fully saturated rings. The van der Waals surface area contributed by atoms with E-state index in [-0.39, 0.29) is 18.6 Å². The van der Waals surface area contributed by atoms with Gasteiger partial charge in [0.05, 0.1) is 6.61 Å². The van der Waals surface area contributed by atoms with E-state index < -0.39 is 6.09 Å². The number of anilines is 1. The number of ether oxygens (including phenoxy) is 3. The number of hydrogen-bond acceptors (Lipinski definition) is 5. The van der Waals surface area contributed by atoms with Gasteiger partial charge in [-0.3, -0.25) is 4.79 Å². The van der Waals surface area contributed by atoms with E-state index in [1.54, 1.807) is 24.0 Å². The average Bonchev–Trinajstić information content (AvgIpc) is 3.11. The van der Waals surface area contributed by atoms with Crippen LogP contribution < -0.4 is 19.7 Å². The number of carbonyl (C=O) groups excluding carboxylic acids is 2. The van der Waals surface area contributed by atoms with Gasteiger partial charge in [0.25, 0.3) is 0 Å². The third-order valence-corrected chi connectivity index (χ3v) is 3.68. The second-order valence-corrected chi connectivity index (χ2v) is 5.21. The van der Waals surface area contributed by atoms with E-state index in [9.17, 15) is 9.59 Å². The van der Waals surface area contributed by atoms with Gasteiger partial charge in [0.2, 0.25) is 12.7 Å². The van der Waals surface area contributed by atoms with Crippen LogP contribution in [0.5, 0.6) is 11.5 Å². The van der Waals surface area contributed by atoms with Crippen molar-refractivity contribution in [2.24, 2.45) is 5.92 Å². The van der Waals surface area contributed by atoms with Crippen LogP contribution >= 0.6 is 0 Å². The molecule has 3 rings (SSSR count). The van der Waals surface area contributed by atoms with Gasteiger partial charge in [0.15, 0.2) is 11.5 Å². The van der Waals surface area contributed by atoms with Gasteiger partial charge < -0.3 is 24.4 Å². The maximum Gasteiger partial charge on any atom is 0.407 e. The highest BCUT2D eigenvalue weighted by atomic mass is 16.7. The zero-order valence-corrected chi connectivity index (χ0v) is 12.3. The lowest BCUT2D eigenvalue weighted by Crippen LogP contribution is -2.31. The van der Waals surface area contributed by atoms with Gasteiger partial charge in [-0.05, 0) is 19.1 Å².